The van der Waals surface area contributed by atoms with E-state index in [1.54, 1.807) is 25.9 Å². The summed E-state index contributed by atoms with van der Waals surface area (Å²) in [5.41, 5.74) is 0. The lowest BCUT2D eigenvalue weighted by molar-refractivity contribution is -0.131. The minimum atomic E-state index is -0.144. The molecule has 1 aliphatic rings. The van der Waals surface area contributed by atoms with E-state index in [4.69, 9.17) is 0 Å². The molecule has 1 rings (SSSR count). The third-order valence-corrected chi connectivity index (χ3v) is 2.89. The molecule has 5 nitrogen and oxygen atoms in total. The first-order chi connectivity index (χ1) is 6.61. The number of rotatable bonds is 3. The summed E-state index contributed by atoms with van der Waals surface area (Å²) in [4.78, 5) is 24.0. The van der Waals surface area contributed by atoms with Crippen LogP contribution in [-0.2, 0) is 9.59 Å². The molecule has 0 aliphatic carbocycles. The Bertz CT molecular complexity index is 227. The average molecular weight is 217 g/mol. The predicted octanol–water partition coefficient (Wildman–Crippen LogP) is -1.15. The summed E-state index contributed by atoms with van der Waals surface area (Å²) in [6.07, 6.45) is 0. The second kappa shape index (κ2) is 5.21. The zero-order chi connectivity index (χ0) is 10.6. The van der Waals surface area contributed by atoms with Crippen LogP contribution in [0.25, 0.3) is 0 Å². The van der Waals surface area contributed by atoms with Gasteiger partial charge in [0.1, 0.15) is 0 Å². The lowest BCUT2D eigenvalue weighted by Gasteiger charge is -2.13. The highest BCUT2D eigenvalue weighted by Crippen LogP contribution is 2.08. The third-order valence-electron chi connectivity index (χ3n) is 1.95. The number of carbonyl (C=O) groups excluding carboxylic acids is 2. The van der Waals surface area contributed by atoms with Crippen molar-refractivity contribution in [2.24, 2.45) is 0 Å². The van der Waals surface area contributed by atoms with Gasteiger partial charge < -0.3 is 10.2 Å². The average Bonchev–Trinajstić information content (AvgIpc) is 2.66. The zero-order valence-corrected chi connectivity index (χ0v) is 9.19. The van der Waals surface area contributed by atoms with Crippen LogP contribution in [0.3, 0.4) is 0 Å². The molecule has 14 heavy (non-hydrogen) atoms. The van der Waals surface area contributed by atoms with Crippen LogP contribution >= 0.6 is 11.8 Å². The van der Waals surface area contributed by atoms with E-state index in [-0.39, 0.29) is 24.4 Å². The molecule has 1 fully saturated rings. The van der Waals surface area contributed by atoms with Gasteiger partial charge in [0.2, 0.25) is 11.8 Å². The normalized spacial score (nSPS) is 20.6. The van der Waals surface area contributed by atoms with Crippen molar-refractivity contribution in [3.63, 3.8) is 0 Å². The largest absolute Gasteiger partial charge is 0.347 e. The van der Waals surface area contributed by atoms with E-state index >= 15 is 0 Å². The van der Waals surface area contributed by atoms with E-state index in [2.05, 4.69) is 10.6 Å². The second-order valence-electron chi connectivity index (χ2n) is 3.28. The molecule has 1 aliphatic heterocycles. The SMILES string of the molecule is CN(C)C(=O)CNC(=O)[C@H]1CSCN1. The predicted molar refractivity (Wildman–Crippen MR) is 56.0 cm³/mol. The third kappa shape index (κ3) is 3.19. The van der Waals surface area contributed by atoms with Gasteiger partial charge in [0.25, 0.3) is 0 Å². The molecular weight excluding hydrogens is 202 g/mol. The first-order valence-corrected chi connectivity index (χ1v) is 5.55. The van der Waals surface area contributed by atoms with E-state index < -0.39 is 0 Å². The molecule has 0 aromatic heterocycles. The number of nitrogens with zero attached hydrogens (tertiary/aromatic N) is 1. The Balaban J connectivity index is 2.23. The Morgan fingerprint density at radius 1 is 1.57 bits per heavy atom. The standard InChI is InChI=1S/C8H15N3O2S/c1-11(2)7(12)3-9-8(13)6-4-14-5-10-6/h6,10H,3-5H2,1-2H3,(H,9,13)/t6-/m1/s1. The molecule has 0 aromatic carbocycles. The molecule has 1 heterocycles. The molecule has 0 bridgehead atoms. The number of hydrogen-bond donors (Lipinski definition) is 2. The summed E-state index contributed by atoms with van der Waals surface area (Å²) < 4.78 is 0. The number of amides is 2. The van der Waals surface area contributed by atoms with Crippen LogP contribution in [0.4, 0.5) is 0 Å². The number of carbonyl (C=O) groups is 2. The summed E-state index contributed by atoms with van der Waals surface area (Å²) in [6, 6.07) is -0.144. The van der Waals surface area contributed by atoms with Crippen LogP contribution in [0.15, 0.2) is 0 Å². The van der Waals surface area contributed by atoms with Crippen LogP contribution in [-0.4, -0.2) is 55.0 Å². The molecular formula is C8H15N3O2S. The molecule has 6 heteroatoms. The van der Waals surface area contributed by atoms with Crippen LogP contribution in [0, 0.1) is 0 Å². The molecule has 2 N–H and O–H groups in total. The minimum absolute atomic E-state index is 0.0781. The number of nitrogens with one attached hydrogen (secondary N) is 2. The van der Waals surface area contributed by atoms with Gasteiger partial charge in [-0.3, -0.25) is 14.9 Å². The Labute approximate surface area is 87.6 Å². The highest BCUT2D eigenvalue weighted by molar-refractivity contribution is 7.99. The van der Waals surface area contributed by atoms with Gasteiger partial charge in [0.05, 0.1) is 12.6 Å². The van der Waals surface area contributed by atoms with Crippen molar-refractivity contribution in [1.29, 1.82) is 0 Å². The van der Waals surface area contributed by atoms with Crippen molar-refractivity contribution < 1.29 is 9.59 Å². The second-order valence-corrected chi connectivity index (χ2v) is 4.31. The summed E-state index contributed by atoms with van der Waals surface area (Å²) in [6.45, 7) is 0.0781. The van der Waals surface area contributed by atoms with Crippen molar-refractivity contribution in [2.75, 3.05) is 32.3 Å². The van der Waals surface area contributed by atoms with Crippen LogP contribution in [0.5, 0.6) is 0 Å². The molecule has 1 saturated heterocycles. The topological polar surface area (TPSA) is 61.4 Å². The van der Waals surface area contributed by atoms with Crippen molar-refractivity contribution in [2.45, 2.75) is 6.04 Å². The van der Waals surface area contributed by atoms with Crippen LogP contribution in [0.1, 0.15) is 0 Å². The maximum Gasteiger partial charge on any atom is 0.241 e. The Morgan fingerprint density at radius 3 is 2.79 bits per heavy atom. The maximum atomic E-state index is 11.4. The molecule has 1 atom stereocenters. The zero-order valence-electron chi connectivity index (χ0n) is 8.37. The van der Waals surface area contributed by atoms with Crippen molar-refractivity contribution >= 4 is 23.6 Å². The van der Waals surface area contributed by atoms with Gasteiger partial charge >= 0.3 is 0 Å². The Hall–Kier alpha value is -0.750. The molecule has 0 radical (unpaired) electrons. The maximum absolute atomic E-state index is 11.4. The lowest BCUT2D eigenvalue weighted by atomic mass is 10.3. The summed E-state index contributed by atoms with van der Waals surface area (Å²) in [7, 11) is 3.33. The van der Waals surface area contributed by atoms with E-state index in [0.717, 1.165) is 11.6 Å². The lowest BCUT2D eigenvalue weighted by Crippen LogP contribution is -2.45. The van der Waals surface area contributed by atoms with E-state index in [1.165, 1.54) is 4.90 Å². The first-order valence-electron chi connectivity index (χ1n) is 4.40. The number of thioether (sulfide) groups is 1. The number of likely N-dealkylation sites (N-methyl/N-ethyl adjacent to an activating group) is 1. The molecule has 80 valence electrons. The van der Waals surface area contributed by atoms with Crippen molar-refractivity contribution in [3.05, 3.63) is 0 Å². The highest BCUT2D eigenvalue weighted by atomic mass is 32.2. The Morgan fingerprint density at radius 2 is 2.29 bits per heavy atom. The summed E-state index contributed by atoms with van der Waals surface area (Å²) >= 11 is 1.68. The van der Waals surface area contributed by atoms with Crippen molar-refractivity contribution in [1.82, 2.24) is 15.5 Å². The quantitative estimate of drug-likeness (QED) is 0.627. The Kier molecular flexibility index (Phi) is 4.21. The van der Waals surface area contributed by atoms with Gasteiger partial charge in [-0.15, -0.1) is 11.8 Å². The van der Waals surface area contributed by atoms with Gasteiger partial charge in [-0.2, -0.15) is 0 Å². The fourth-order valence-electron chi connectivity index (χ4n) is 1.01. The fourth-order valence-corrected chi connectivity index (χ4v) is 1.95. The highest BCUT2D eigenvalue weighted by Gasteiger charge is 2.22. The fraction of sp³-hybridized carbons (Fsp3) is 0.750. The summed E-state index contributed by atoms with van der Waals surface area (Å²) in [5, 5.41) is 5.64. The van der Waals surface area contributed by atoms with E-state index in [9.17, 15) is 9.59 Å². The smallest absolute Gasteiger partial charge is 0.241 e. The van der Waals surface area contributed by atoms with Crippen molar-refractivity contribution in [3.8, 4) is 0 Å². The van der Waals surface area contributed by atoms with Crippen LogP contribution in [0.2, 0.25) is 0 Å². The van der Waals surface area contributed by atoms with Gasteiger partial charge in [0.15, 0.2) is 0 Å². The van der Waals surface area contributed by atoms with E-state index in [0.29, 0.717) is 0 Å². The van der Waals surface area contributed by atoms with Gasteiger partial charge in [0, 0.05) is 25.7 Å². The molecule has 0 saturated carbocycles. The van der Waals surface area contributed by atoms with Crippen LogP contribution < -0.4 is 10.6 Å². The van der Waals surface area contributed by atoms with E-state index in [1.807, 2.05) is 0 Å². The molecule has 0 spiro atoms. The monoisotopic (exact) mass is 217 g/mol. The molecule has 0 aromatic rings. The van der Waals surface area contributed by atoms with Gasteiger partial charge in [-0.25, -0.2) is 0 Å². The first kappa shape index (κ1) is 11.3. The molecule has 2 amide bonds. The summed E-state index contributed by atoms with van der Waals surface area (Å²) in [5.74, 6) is 1.40. The molecule has 0 unspecified atom stereocenters. The number of hydrogen-bond acceptors (Lipinski definition) is 4. The van der Waals surface area contributed by atoms with Gasteiger partial charge in [-0.05, 0) is 0 Å². The minimum Gasteiger partial charge on any atom is -0.347 e. The van der Waals surface area contributed by atoms with Gasteiger partial charge in [-0.1, -0.05) is 0 Å².